The van der Waals surface area contributed by atoms with Gasteiger partial charge in [-0.25, -0.2) is 8.42 Å². The van der Waals surface area contributed by atoms with E-state index in [1.165, 1.54) is 4.90 Å². The van der Waals surface area contributed by atoms with Gasteiger partial charge >= 0.3 is 0 Å². The number of nitrogens with zero attached hydrogens (tertiary/aromatic N) is 2. The highest BCUT2D eigenvalue weighted by Gasteiger charge is 2.39. The smallest absolute Gasteiger partial charge is 0.244 e. The highest BCUT2D eigenvalue weighted by molar-refractivity contribution is 7.88. The Morgan fingerprint density at radius 3 is 2.67 bits per heavy atom. The number of piperidine rings is 1. The van der Waals surface area contributed by atoms with Gasteiger partial charge in [-0.1, -0.05) is 0 Å². The Morgan fingerprint density at radius 1 is 1.38 bits per heavy atom. The van der Waals surface area contributed by atoms with E-state index in [4.69, 9.17) is 5.73 Å². The van der Waals surface area contributed by atoms with Gasteiger partial charge in [0.1, 0.15) is 12.1 Å². The first-order chi connectivity index (χ1) is 11.2. The first-order valence-corrected chi connectivity index (χ1v) is 9.61. The van der Waals surface area contributed by atoms with E-state index in [2.05, 4.69) is 10.6 Å². The van der Waals surface area contributed by atoms with E-state index in [1.807, 2.05) is 0 Å². The van der Waals surface area contributed by atoms with Crippen molar-refractivity contribution in [1.82, 2.24) is 19.8 Å². The number of hydrogen-bond donors (Lipinski definition) is 3. The molecule has 2 atom stereocenters. The van der Waals surface area contributed by atoms with Crippen molar-refractivity contribution in [2.24, 2.45) is 5.73 Å². The zero-order valence-electron chi connectivity index (χ0n) is 13.5. The van der Waals surface area contributed by atoms with Gasteiger partial charge < -0.3 is 21.3 Å². The summed E-state index contributed by atoms with van der Waals surface area (Å²) in [7, 11) is -3.49. The number of sulfonamides is 1. The first-order valence-electron chi connectivity index (χ1n) is 7.76. The van der Waals surface area contributed by atoms with E-state index in [0.29, 0.717) is 13.0 Å². The van der Waals surface area contributed by atoms with Crippen LogP contribution in [0.5, 0.6) is 0 Å². The van der Waals surface area contributed by atoms with Crippen LogP contribution in [-0.4, -0.2) is 86.4 Å². The summed E-state index contributed by atoms with van der Waals surface area (Å²) < 4.78 is 24.6. The molecule has 4 N–H and O–H groups in total. The number of carbonyl (C=O) groups is 3. The molecule has 11 heteroatoms. The Balaban J connectivity index is 2.14. The summed E-state index contributed by atoms with van der Waals surface area (Å²) >= 11 is 0. The van der Waals surface area contributed by atoms with Crippen molar-refractivity contribution in [1.29, 1.82) is 0 Å². The van der Waals surface area contributed by atoms with Crippen LogP contribution in [0.1, 0.15) is 12.8 Å². The molecule has 0 aliphatic carbocycles. The summed E-state index contributed by atoms with van der Waals surface area (Å²) in [5, 5.41) is 5.27. The summed E-state index contributed by atoms with van der Waals surface area (Å²) in [6.07, 6.45) is 2.30. The summed E-state index contributed by atoms with van der Waals surface area (Å²) in [5.74, 6) is -1.26. The maximum Gasteiger partial charge on any atom is 0.244 e. The van der Waals surface area contributed by atoms with Crippen molar-refractivity contribution in [3.8, 4) is 0 Å². The van der Waals surface area contributed by atoms with Gasteiger partial charge in [0.25, 0.3) is 0 Å². The van der Waals surface area contributed by atoms with E-state index in [9.17, 15) is 22.8 Å². The molecule has 10 nitrogen and oxygen atoms in total. The molecule has 0 aromatic heterocycles. The largest absolute Gasteiger partial charge is 0.354 e. The molecule has 2 unspecified atom stereocenters. The highest BCUT2D eigenvalue weighted by Crippen LogP contribution is 2.14. The molecule has 2 saturated heterocycles. The van der Waals surface area contributed by atoms with Crippen LogP contribution in [0.15, 0.2) is 0 Å². The molecule has 2 aliphatic heterocycles. The summed E-state index contributed by atoms with van der Waals surface area (Å²) in [6.45, 7) is 0.335. The molecule has 24 heavy (non-hydrogen) atoms. The predicted octanol–water partition coefficient (Wildman–Crippen LogP) is -3.19. The number of carbonyl (C=O) groups excluding carboxylic acids is 3. The topological polar surface area (TPSA) is 142 Å². The summed E-state index contributed by atoms with van der Waals surface area (Å²) in [4.78, 5) is 37.6. The van der Waals surface area contributed by atoms with Crippen molar-refractivity contribution >= 4 is 27.7 Å². The number of nitrogens with two attached hydrogens (primary N) is 1. The van der Waals surface area contributed by atoms with Gasteiger partial charge in [-0.3, -0.25) is 14.4 Å². The third kappa shape index (κ3) is 4.22. The second-order valence-electron chi connectivity index (χ2n) is 5.92. The highest BCUT2D eigenvalue weighted by atomic mass is 32.2. The normalized spacial score (nSPS) is 25.9. The lowest BCUT2D eigenvalue weighted by atomic mass is 10.1. The molecule has 0 spiro atoms. The van der Waals surface area contributed by atoms with Crippen molar-refractivity contribution in [3.63, 3.8) is 0 Å². The third-order valence-corrected chi connectivity index (χ3v) is 5.48. The molecule has 2 fully saturated rings. The molecule has 0 aromatic rings. The minimum atomic E-state index is -3.49. The average Bonchev–Trinajstić information content (AvgIpc) is 2.54. The Labute approximate surface area is 140 Å². The second kappa shape index (κ2) is 7.45. The fourth-order valence-corrected chi connectivity index (χ4v) is 3.70. The maximum atomic E-state index is 12.6. The molecule has 0 aromatic carbocycles. The average molecular weight is 361 g/mol. The lowest BCUT2D eigenvalue weighted by molar-refractivity contribution is -0.143. The van der Waals surface area contributed by atoms with Crippen LogP contribution in [-0.2, 0) is 24.4 Å². The third-order valence-electron chi connectivity index (χ3n) is 4.21. The Hall–Kier alpha value is -1.72. The van der Waals surface area contributed by atoms with Crippen LogP contribution in [0.2, 0.25) is 0 Å². The van der Waals surface area contributed by atoms with Gasteiger partial charge in [0.2, 0.25) is 27.7 Å². The fraction of sp³-hybridized carbons (Fsp3) is 0.769. The van der Waals surface area contributed by atoms with E-state index in [-0.39, 0.29) is 32.1 Å². The van der Waals surface area contributed by atoms with E-state index in [0.717, 1.165) is 17.0 Å². The molecule has 0 saturated carbocycles. The molecular weight excluding hydrogens is 338 g/mol. The van der Waals surface area contributed by atoms with Crippen LogP contribution in [0.25, 0.3) is 0 Å². The van der Waals surface area contributed by atoms with Crippen LogP contribution in [0.3, 0.4) is 0 Å². The number of rotatable bonds is 4. The Kier molecular flexibility index (Phi) is 5.78. The number of amides is 3. The SMILES string of the molecule is CS(=O)(=O)N1CCN(C(=O)CN)C(C(=O)NC2CCCNC2=O)C1. The first kappa shape index (κ1) is 18.6. The molecule has 2 rings (SSSR count). The van der Waals surface area contributed by atoms with Crippen LogP contribution in [0, 0.1) is 0 Å². The van der Waals surface area contributed by atoms with E-state index in [1.54, 1.807) is 0 Å². The van der Waals surface area contributed by atoms with Crippen molar-refractivity contribution in [3.05, 3.63) is 0 Å². The number of nitrogens with one attached hydrogen (secondary N) is 2. The zero-order valence-corrected chi connectivity index (χ0v) is 14.3. The van der Waals surface area contributed by atoms with Crippen molar-refractivity contribution in [2.45, 2.75) is 24.9 Å². The quantitative estimate of drug-likeness (QED) is 0.482. The molecule has 0 bridgehead atoms. The van der Waals surface area contributed by atoms with Gasteiger partial charge in [-0.05, 0) is 12.8 Å². The number of piperazine rings is 1. The van der Waals surface area contributed by atoms with Crippen LogP contribution >= 0.6 is 0 Å². The molecular formula is C13H23N5O5S. The maximum absolute atomic E-state index is 12.6. The fourth-order valence-electron chi connectivity index (χ4n) is 2.88. The van der Waals surface area contributed by atoms with E-state index >= 15 is 0 Å². The van der Waals surface area contributed by atoms with Crippen molar-refractivity contribution < 1.29 is 22.8 Å². The van der Waals surface area contributed by atoms with Crippen LogP contribution < -0.4 is 16.4 Å². The van der Waals surface area contributed by atoms with E-state index < -0.39 is 33.9 Å². The summed E-state index contributed by atoms with van der Waals surface area (Å²) in [5.41, 5.74) is 5.37. The van der Waals surface area contributed by atoms with Gasteiger partial charge in [0.15, 0.2) is 0 Å². The van der Waals surface area contributed by atoms with Gasteiger partial charge in [-0.2, -0.15) is 4.31 Å². The second-order valence-corrected chi connectivity index (χ2v) is 7.90. The standard InChI is InChI=1S/C13H23N5O5S/c1-24(22,23)17-5-6-18(11(19)7-14)10(8-17)13(21)16-9-3-2-4-15-12(9)20/h9-10H,2-8,14H2,1H3,(H,15,20)(H,16,21). The molecule has 2 heterocycles. The predicted molar refractivity (Wildman–Crippen MR) is 85.1 cm³/mol. The monoisotopic (exact) mass is 361 g/mol. The minimum Gasteiger partial charge on any atom is -0.354 e. The zero-order chi connectivity index (χ0) is 17.9. The minimum absolute atomic E-state index is 0.0814. The molecule has 0 radical (unpaired) electrons. The molecule has 3 amide bonds. The lowest BCUT2D eigenvalue weighted by Crippen LogP contribution is -2.64. The van der Waals surface area contributed by atoms with Gasteiger partial charge in [0, 0.05) is 26.2 Å². The lowest BCUT2D eigenvalue weighted by Gasteiger charge is -2.39. The Morgan fingerprint density at radius 2 is 2.08 bits per heavy atom. The molecule has 2 aliphatic rings. The molecule has 136 valence electrons. The van der Waals surface area contributed by atoms with Crippen LogP contribution in [0.4, 0.5) is 0 Å². The van der Waals surface area contributed by atoms with Gasteiger partial charge in [0.05, 0.1) is 12.8 Å². The van der Waals surface area contributed by atoms with Gasteiger partial charge in [-0.15, -0.1) is 0 Å². The Bertz CT molecular complexity index is 622. The number of hydrogen-bond acceptors (Lipinski definition) is 6. The summed E-state index contributed by atoms with van der Waals surface area (Å²) in [6, 6.07) is -1.67. The van der Waals surface area contributed by atoms with Crippen molar-refractivity contribution in [2.75, 3.05) is 39.0 Å².